The molecule has 0 spiro atoms. The van der Waals surface area contributed by atoms with Gasteiger partial charge in [-0.2, -0.15) is 0 Å². The predicted molar refractivity (Wildman–Crippen MR) is 123 cm³/mol. The van der Waals surface area contributed by atoms with Crippen molar-refractivity contribution in [3.05, 3.63) is 11.6 Å². The largest absolute Gasteiger partial charge is 0.450 e. The van der Waals surface area contributed by atoms with Crippen molar-refractivity contribution in [3.8, 4) is 0 Å². The Balaban J connectivity index is 1.85. The number of carbonyl (C=O) groups excluding carboxylic acids is 3. The van der Waals surface area contributed by atoms with Gasteiger partial charge in [0.25, 0.3) is 0 Å². The van der Waals surface area contributed by atoms with E-state index in [1.165, 1.54) is 0 Å². The molecule has 0 bridgehead atoms. The first kappa shape index (κ1) is 25.5. The van der Waals surface area contributed by atoms with Crippen molar-refractivity contribution in [1.82, 2.24) is 0 Å². The van der Waals surface area contributed by atoms with Crippen molar-refractivity contribution < 1.29 is 33.7 Å². The number of aliphatic hydroxyl groups is 2. The predicted octanol–water partition coefficient (Wildman–Crippen LogP) is 3.72. The number of fused-ring (bicyclic) bond motifs is 5. The van der Waals surface area contributed by atoms with Crippen molar-refractivity contribution in [1.29, 1.82) is 0 Å². The van der Waals surface area contributed by atoms with E-state index in [-0.39, 0.29) is 36.9 Å². The summed E-state index contributed by atoms with van der Waals surface area (Å²) in [4.78, 5) is 38.2. The van der Waals surface area contributed by atoms with Crippen LogP contribution in [0.25, 0.3) is 0 Å². The van der Waals surface area contributed by atoms with Crippen molar-refractivity contribution in [3.63, 3.8) is 0 Å². The van der Waals surface area contributed by atoms with Crippen LogP contribution in [0.5, 0.6) is 0 Å². The molecule has 2 N–H and O–H groups in total. The molecule has 0 amide bonds. The zero-order chi connectivity index (χ0) is 25.3. The summed E-state index contributed by atoms with van der Waals surface area (Å²) in [6.07, 6.45) is 2.35. The lowest BCUT2D eigenvalue weighted by molar-refractivity contribution is -0.238. The first-order valence-electron chi connectivity index (χ1n) is 12.8. The van der Waals surface area contributed by atoms with Crippen molar-refractivity contribution >= 4 is 17.5 Å². The lowest BCUT2D eigenvalue weighted by Crippen LogP contribution is -2.71. The zero-order valence-corrected chi connectivity index (χ0v) is 21.0. The summed E-state index contributed by atoms with van der Waals surface area (Å²) in [5, 5.41) is 21.5. The van der Waals surface area contributed by atoms with E-state index in [0.29, 0.717) is 25.7 Å². The summed E-state index contributed by atoms with van der Waals surface area (Å²) in [6, 6.07) is 0. The van der Waals surface area contributed by atoms with Crippen LogP contribution in [0, 0.1) is 34.5 Å². The van der Waals surface area contributed by atoms with E-state index in [2.05, 4.69) is 0 Å². The van der Waals surface area contributed by atoms with Gasteiger partial charge in [-0.25, -0.2) is 4.39 Å². The van der Waals surface area contributed by atoms with Crippen LogP contribution >= 0.6 is 0 Å². The second-order valence-electron chi connectivity index (χ2n) is 11.8. The molecule has 190 valence electrons. The topological polar surface area (TPSA) is 101 Å². The smallest absolute Gasteiger partial charge is 0.306 e. The SMILES string of the molecule is CCCC(=O)O[C@]1(C(=O)CO)[C@H](C)C[C@H]2[C@@H]3C[C@H](C)C4=CC(=O)CC[C@]4(C)[C@@]3(F)[C@@H](O)C[C@@]21C. The Morgan fingerprint density at radius 2 is 1.88 bits per heavy atom. The second kappa shape index (κ2) is 8.22. The fraction of sp³-hybridized carbons (Fsp3) is 0.815. The Kier molecular flexibility index (Phi) is 6.17. The number of alkyl halides is 1. The number of hydrogen-bond acceptors (Lipinski definition) is 6. The van der Waals surface area contributed by atoms with Crippen LogP contribution in [0.3, 0.4) is 0 Å². The molecule has 3 fully saturated rings. The molecule has 0 aromatic heterocycles. The fourth-order valence-electron chi connectivity index (χ4n) is 8.71. The third-order valence-corrected chi connectivity index (χ3v) is 10.2. The normalized spacial score (nSPS) is 47.8. The van der Waals surface area contributed by atoms with E-state index in [4.69, 9.17) is 4.74 Å². The fourth-order valence-corrected chi connectivity index (χ4v) is 8.71. The molecule has 0 aromatic carbocycles. The summed E-state index contributed by atoms with van der Waals surface area (Å²) in [5.41, 5.74) is -4.77. The van der Waals surface area contributed by atoms with Gasteiger partial charge in [0.2, 0.25) is 5.78 Å². The number of Topliss-reactive ketones (excluding diaryl/α,β-unsaturated/α-hetero) is 1. The van der Waals surface area contributed by atoms with Gasteiger partial charge in [0.15, 0.2) is 11.4 Å². The minimum atomic E-state index is -1.96. The minimum Gasteiger partial charge on any atom is -0.450 e. The average Bonchev–Trinajstić information content (AvgIpc) is 2.99. The van der Waals surface area contributed by atoms with E-state index < -0.39 is 58.4 Å². The Morgan fingerprint density at radius 3 is 2.50 bits per heavy atom. The van der Waals surface area contributed by atoms with Gasteiger partial charge in [0.1, 0.15) is 12.3 Å². The van der Waals surface area contributed by atoms with Gasteiger partial charge in [-0.05, 0) is 50.0 Å². The maximum atomic E-state index is 17.4. The van der Waals surface area contributed by atoms with Crippen LogP contribution in [-0.2, 0) is 19.1 Å². The number of aliphatic hydroxyl groups excluding tert-OH is 2. The molecular weight excluding hydrogens is 439 g/mol. The average molecular weight is 479 g/mol. The van der Waals surface area contributed by atoms with E-state index in [0.717, 1.165) is 5.57 Å². The van der Waals surface area contributed by atoms with Gasteiger partial charge < -0.3 is 14.9 Å². The molecule has 0 aromatic rings. The van der Waals surface area contributed by atoms with Gasteiger partial charge in [0.05, 0.1) is 6.10 Å². The zero-order valence-electron chi connectivity index (χ0n) is 21.0. The Labute approximate surface area is 201 Å². The molecule has 0 unspecified atom stereocenters. The number of ketones is 2. The van der Waals surface area contributed by atoms with Crippen LogP contribution in [0.15, 0.2) is 11.6 Å². The number of allylic oxidation sites excluding steroid dienone is 1. The molecular formula is C27H39FO6. The molecule has 0 aliphatic heterocycles. The monoisotopic (exact) mass is 478 g/mol. The van der Waals surface area contributed by atoms with Crippen LogP contribution in [-0.4, -0.2) is 51.7 Å². The highest BCUT2D eigenvalue weighted by Gasteiger charge is 2.77. The third kappa shape index (κ3) is 3.01. The molecule has 0 radical (unpaired) electrons. The number of rotatable bonds is 5. The van der Waals surface area contributed by atoms with Crippen LogP contribution in [0.1, 0.15) is 79.6 Å². The molecule has 34 heavy (non-hydrogen) atoms. The first-order valence-corrected chi connectivity index (χ1v) is 12.8. The highest BCUT2D eigenvalue weighted by atomic mass is 19.1. The Morgan fingerprint density at radius 1 is 1.21 bits per heavy atom. The van der Waals surface area contributed by atoms with Gasteiger partial charge in [0, 0.05) is 35.5 Å². The lowest BCUT2D eigenvalue weighted by atomic mass is 9.42. The van der Waals surface area contributed by atoms with E-state index in [1.807, 2.05) is 34.6 Å². The molecule has 0 saturated heterocycles. The molecule has 4 rings (SSSR count). The molecule has 7 heteroatoms. The van der Waals surface area contributed by atoms with E-state index in [1.54, 1.807) is 6.08 Å². The summed E-state index contributed by atoms with van der Waals surface area (Å²) >= 11 is 0. The molecule has 6 nitrogen and oxygen atoms in total. The highest BCUT2D eigenvalue weighted by Crippen LogP contribution is 2.72. The van der Waals surface area contributed by atoms with E-state index >= 15 is 4.39 Å². The summed E-state index contributed by atoms with van der Waals surface area (Å²) in [6.45, 7) is 8.58. The molecule has 4 aliphatic rings. The summed E-state index contributed by atoms with van der Waals surface area (Å²) in [7, 11) is 0. The first-order chi connectivity index (χ1) is 15.8. The number of esters is 1. The highest BCUT2D eigenvalue weighted by molar-refractivity contribution is 5.93. The van der Waals surface area contributed by atoms with Gasteiger partial charge >= 0.3 is 5.97 Å². The third-order valence-electron chi connectivity index (χ3n) is 10.2. The van der Waals surface area contributed by atoms with Crippen molar-refractivity contribution in [2.45, 2.75) is 96.9 Å². The number of halogens is 1. The number of carbonyl (C=O) groups is 3. The molecule has 9 atom stereocenters. The molecule has 3 saturated carbocycles. The van der Waals surface area contributed by atoms with Gasteiger partial charge in [-0.1, -0.05) is 40.2 Å². The van der Waals surface area contributed by atoms with Crippen LogP contribution < -0.4 is 0 Å². The number of hydrogen-bond donors (Lipinski definition) is 2. The van der Waals surface area contributed by atoms with Crippen LogP contribution in [0.2, 0.25) is 0 Å². The number of ether oxygens (including phenoxy) is 1. The summed E-state index contributed by atoms with van der Waals surface area (Å²) in [5.74, 6) is -2.44. The van der Waals surface area contributed by atoms with Crippen molar-refractivity contribution in [2.75, 3.05) is 6.61 Å². The molecule has 0 heterocycles. The minimum absolute atomic E-state index is 0.00129. The standard InChI is InChI=1S/C27H39FO6/c1-6-7-23(33)34-27(22(32)14-29)16(3)11-19-20-10-15(2)18-12-17(30)8-9-24(18,4)26(20,28)21(31)13-25(19,27)5/h12,15-16,19-21,29,31H,6-11,13-14H2,1-5H3/t15-,16+,19-,20-,21-,24-,25-,26-,27-/m0/s1. The van der Waals surface area contributed by atoms with E-state index in [9.17, 15) is 24.6 Å². The quantitative estimate of drug-likeness (QED) is 0.584. The van der Waals surface area contributed by atoms with Crippen molar-refractivity contribution in [2.24, 2.45) is 34.5 Å². The summed E-state index contributed by atoms with van der Waals surface area (Å²) < 4.78 is 23.4. The van der Waals surface area contributed by atoms with Crippen LogP contribution in [0.4, 0.5) is 4.39 Å². The molecule has 4 aliphatic carbocycles. The van der Waals surface area contributed by atoms with Gasteiger partial charge in [-0.3, -0.25) is 14.4 Å². The van der Waals surface area contributed by atoms with Gasteiger partial charge in [-0.15, -0.1) is 0 Å². The maximum Gasteiger partial charge on any atom is 0.306 e. The Hall–Kier alpha value is -1.60. The maximum absolute atomic E-state index is 17.4. The Bertz CT molecular complexity index is 930. The second-order valence-corrected chi connectivity index (χ2v) is 11.8. The lowest BCUT2D eigenvalue weighted by Gasteiger charge is -2.64.